The molecule has 0 bridgehead atoms. The van der Waals surface area contributed by atoms with Crippen LogP contribution in [0, 0.1) is 13.8 Å². The molecule has 2 aromatic carbocycles. The van der Waals surface area contributed by atoms with E-state index in [4.69, 9.17) is 0 Å². The number of nitrogens with zero attached hydrogens (tertiary/aromatic N) is 1. The summed E-state index contributed by atoms with van der Waals surface area (Å²) in [6.07, 6.45) is 0.748. The summed E-state index contributed by atoms with van der Waals surface area (Å²) in [5.74, 6) is -0.0751. The van der Waals surface area contributed by atoms with E-state index in [0.717, 1.165) is 16.7 Å². The van der Waals surface area contributed by atoms with Crippen LogP contribution in [0.3, 0.4) is 0 Å². The topological polar surface area (TPSA) is 66.5 Å². The van der Waals surface area contributed by atoms with Crippen molar-refractivity contribution < 1.29 is 13.2 Å². The maximum atomic E-state index is 12.5. The Hall–Kier alpha value is -2.18. The average molecular weight is 389 g/mol. The van der Waals surface area contributed by atoms with Crippen molar-refractivity contribution in [2.45, 2.75) is 44.6 Å². The molecule has 0 aliphatic carbocycles. The van der Waals surface area contributed by atoms with Gasteiger partial charge in [-0.2, -0.15) is 0 Å². The molecule has 0 aromatic heterocycles. The Morgan fingerprint density at radius 1 is 1.11 bits per heavy atom. The third-order valence-electron chi connectivity index (χ3n) is 4.61. The highest BCUT2D eigenvalue weighted by Gasteiger charge is 2.20. The van der Waals surface area contributed by atoms with Gasteiger partial charge in [0.1, 0.15) is 0 Å². The number of carbonyl (C=O) groups is 1. The molecule has 0 saturated carbocycles. The van der Waals surface area contributed by atoms with Gasteiger partial charge >= 0.3 is 0 Å². The highest BCUT2D eigenvalue weighted by atomic mass is 32.2. The molecule has 0 aliphatic heterocycles. The van der Waals surface area contributed by atoms with Crippen LogP contribution in [-0.2, 0) is 14.8 Å². The number of nitrogens with one attached hydrogen (secondary N) is 1. The number of carbonyl (C=O) groups excluding carboxylic acids is 1. The van der Waals surface area contributed by atoms with Crippen molar-refractivity contribution in [2.24, 2.45) is 0 Å². The molecule has 1 atom stereocenters. The van der Waals surface area contributed by atoms with E-state index in [9.17, 15) is 13.2 Å². The van der Waals surface area contributed by atoms with E-state index < -0.39 is 10.0 Å². The molecule has 0 fully saturated rings. The summed E-state index contributed by atoms with van der Waals surface area (Å²) in [5, 5.41) is 3.00. The van der Waals surface area contributed by atoms with Gasteiger partial charge in [0.2, 0.25) is 15.9 Å². The minimum atomic E-state index is -3.51. The zero-order valence-corrected chi connectivity index (χ0v) is 17.2. The van der Waals surface area contributed by atoms with Crippen molar-refractivity contribution >= 4 is 15.9 Å². The Labute approximate surface area is 162 Å². The van der Waals surface area contributed by atoms with E-state index in [1.54, 1.807) is 37.4 Å². The predicted molar refractivity (Wildman–Crippen MR) is 108 cm³/mol. The highest BCUT2D eigenvalue weighted by Crippen LogP contribution is 2.19. The Kier molecular flexibility index (Phi) is 7.16. The number of sulfonamides is 1. The normalized spacial score (nSPS) is 12.8. The molecule has 6 heteroatoms. The van der Waals surface area contributed by atoms with Gasteiger partial charge in [-0.1, -0.05) is 42.0 Å². The van der Waals surface area contributed by atoms with Gasteiger partial charge in [0.25, 0.3) is 0 Å². The first-order valence-electron chi connectivity index (χ1n) is 9.09. The SMILES string of the molecule is Cc1ccc(C)c([C@H](C)NC(=O)CCCN(C)S(=O)(=O)c2ccccc2)c1. The molecule has 2 aromatic rings. The lowest BCUT2D eigenvalue weighted by atomic mass is 10.00. The van der Waals surface area contributed by atoms with Crippen molar-refractivity contribution in [3.8, 4) is 0 Å². The third-order valence-corrected chi connectivity index (χ3v) is 6.48. The molecular weight excluding hydrogens is 360 g/mol. The first-order chi connectivity index (χ1) is 12.7. The molecule has 0 saturated heterocycles. The van der Waals surface area contributed by atoms with Crippen LogP contribution >= 0.6 is 0 Å². The second-order valence-electron chi connectivity index (χ2n) is 6.89. The van der Waals surface area contributed by atoms with Crippen LogP contribution in [0.2, 0.25) is 0 Å². The van der Waals surface area contributed by atoms with Crippen molar-refractivity contribution in [3.05, 3.63) is 65.2 Å². The van der Waals surface area contributed by atoms with Gasteiger partial charge in [-0.3, -0.25) is 4.79 Å². The second kappa shape index (κ2) is 9.15. The van der Waals surface area contributed by atoms with Gasteiger partial charge in [-0.25, -0.2) is 12.7 Å². The average Bonchev–Trinajstić information content (AvgIpc) is 2.64. The van der Waals surface area contributed by atoms with Crippen LogP contribution in [0.25, 0.3) is 0 Å². The molecular formula is C21H28N2O3S. The molecule has 0 unspecified atom stereocenters. The first-order valence-corrected chi connectivity index (χ1v) is 10.5. The molecule has 0 aliphatic rings. The molecule has 27 heavy (non-hydrogen) atoms. The third kappa shape index (κ3) is 5.65. The molecule has 5 nitrogen and oxygen atoms in total. The van der Waals surface area contributed by atoms with Crippen molar-refractivity contribution in [3.63, 3.8) is 0 Å². The smallest absolute Gasteiger partial charge is 0.242 e. The number of benzene rings is 2. The number of rotatable bonds is 8. The van der Waals surface area contributed by atoms with E-state index in [1.165, 1.54) is 4.31 Å². The Morgan fingerprint density at radius 3 is 2.44 bits per heavy atom. The Morgan fingerprint density at radius 2 is 1.78 bits per heavy atom. The molecule has 146 valence electrons. The van der Waals surface area contributed by atoms with Crippen LogP contribution in [0.15, 0.2) is 53.4 Å². The molecule has 2 rings (SSSR count). The lowest BCUT2D eigenvalue weighted by molar-refractivity contribution is -0.121. The summed E-state index contributed by atoms with van der Waals surface area (Å²) >= 11 is 0. The zero-order chi connectivity index (χ0) is 20.0. The minimum Gasteiger partial charge on any atom is -0.350 e. The van der Waals surface area contributed by atoms with Gasteiger partial charge in [0.05, 0.1) is 10.9 Å². The van der Waals surface area contributed by atoms with Gasteiger partial charge in [0.15, 0.2) is 0 Å². The fraction of sp³-hybridized carbons (Fsp3) is 0.381. The number of amides is 1. The molecule has 0 spiro atoms. The van der Waals surface area contributed by atoms with Crippen LogP contribution in [0.4, 0.5) is 0 Å². The monoisotopic (exact) mass is 388 g/mol. The highest BCUT2D eigenvalue weighted by molar-refractivity contribution is 7.89. The summed E-state index contributed by atoms with van der Waals surface area (Å²) < 4.78 is 26.2. The standard InChI is InChI=1S/C21H28N2O3S/c1-16-12-13-17(2)20(15-16)18(3)22-21(24)11-8-14-23(4)27(25,26)19-9-6-5-7-10-19/h5-7,9-10,12-13,15,18H,8,11,14H2,1-4H3,(H,22,24)/t18-/m0/s1. The maximum absolute atomic E-state index is 12.5. The van der Waals surface area contributed by atoms with Crippen LogP contribution in [-0.4, -0.2) is 32.2 Å². The van der Waals surface area contributed by atoms with Gasteiger partial charge < -0.3 is 5.32 Å². The lowest BCUT2D eigenvalue weighted by Crippen LogP contribution is -2.30. The molecule has 0 radical (unpaired) electrons. The van der Waals surface area contributed by atoms with Crippen LogP contribution in [0.5, 0.6) is 0 Å². The fourth-order valence-electron chi connectivity index (χ4n) is 2.97. The zero-order valence-electron chi connectivity index (χ0n) is 16.4. The number of aryl methyl sites for hydroxylation is 2. The quantitative estimate of drug-likeness (QED) is 0.752. The van der Waals surface area contributed by atoms with E-state index >= 15 is 0 Å². The minimum absolute atomic E-state index is 0.0751. The van der Waals surface area contributed by atoms with Gasteiger partial charge in [-0.05, 0) is 50.5 Å². The van der Waals surface area contributed by atoms with E-state index in [-0.39, 0.29) is 23.3 Å². The maximum Gasteiger partial charge on any atom is 0.242 e. The van der Waals surface area contributed by atoms with E-state index in [1.807, 2.05) is 20.8 Å². The van der Waals surface area contributed by atoms with Crippen LogP contribution < -0.4 is 5.32 Å². The summed E-state index contributed by atoms with van der Waals surface area (Å²) in [4.78, 5) is 12.5. The van der Waals surface area contributed by atoms with Gasteiger partial charge in [0, 0.05) is 20.0 Å². The summed E-state index contributed by atoms with van der Waals surface area (Å²) in [7, 11) is -1.97. The van der Waals surface area contributed by atoms with E-state index in [0.29, 0.717) is 13.0 Å². The summed E-state index contributed by atoms with van der Waals surface area (Å²) in [6, 6.07) is 14.4. The second-order valence-corrected chi connectivity index (χ2v) is 8.94. The summed E-state index contributed by atoms with van der Waals surface area (Å²) in [6.45, 7) is 6.31. The van der Waals surface area contributed by atoms with Gasteiger partial charge in [-0.15, -0.1) is 0 Å². The number of hydrogen-bond donors (Lipinski definition) is 1. The summed E-state index contributed by atoms with van der Waals surface area (Å²) in [5.41, 5.74) is 3.40. The number of hydrogen-bond acceptors (Lipinski definition) is 3. The van der Waals surface area contributed by atoms with E-state index in [2.05, 4.69) is 23.5 Å². The van der Waals surface area contributed by atoms with Crippen molar-refractivity contribution in [2.75, 3.05) is 13.6 Å². The Bertz CT molecular complexity index is 880. The molecule has 0 heterocycles. The predicted octanol–water partition coefficient (Wildman–Crippen LogP) is 3.58. The fourth-order valence-corrected chi connectivity index (χ4v) is 4.20. The molecule has 1 amide bonds. The molecule has 1 N–H and O–H groups in total. The van der Waals surface area contributed by atoms with Crippen molar-refractivity contribution in [1.29, 1.82) is 0 Å². The lowest BCUT2D eigenvalue weighted by Gasteiger charge is -2.19. The van der Waals surface area contributed by atoms with Crippen LogP contribution in [0.1, 0.15) is 42.5 Å². The Balaban J connectivity index is 1.86. The first kappa shape index (κ1) is 21.1. The van der Waals surface area contributed by atoms with Crippen molar-refractivity contribution in [1.82, 2.24) is 9.62 Å². The largest absolute Gasteiger partial charge is 0.350 e.